The molecule has 0 bridgehead atoms. The zero-order valence-electron chi connectivity index (χ0n) is 17.8. The highest BCUT2D eigenvalue weighted by atomic mass is 35.5. The number of carbonyl (C=O) groups excluding carboxylic acids is 2. The summed E-state index contributed by atoms with van der Waals surface area (Å²) in [5, 5.41) is 3.70. The predicted octanol–water partition coefficient (Wildman–Crippen LogP) is 1.22. The van der Waals surface area contributed by atoms with E-state index in [1.807, 2.05) is 23.5 Å². The maximum atomic E-state index is 11.6. The van der Waals surface area contributed by atoms with Crippen LogP contribution in [-0.2, 0) is 29.0 Å². The Kier molecular flexibility index (Phi) is 6.66. The van der Waals surface area contributed by atoms with Crippen molar-refractivity contribution in [3.05, 3.63) is 44.6 Å². The molecule has 4 rings (SSSR count). The molecule has 1 aromatic heterocycles. The normalized spacial score (nSPS) is 19.3. The molecule has 156 valence electrons. The van der Waals surface area contributed by atoms with Gasteiger partial charge in [-0.25, -0.2) is 0 Å². The number of rotatable bonds is 4. The van der Waals surface area contributed by atoms with Crippen LogP contribution in [0.4, 0.5) is 0 Å². The van der Waals surface area contributed by atoms with E-state index in [2.05, 4.69) is 18.3 Å². The summed E-state index contributed by atoms with van der Waals surface area (Å²) in [6.45, 7) is 5.83. The number of carbonyl (C=O) groups is 2. The molecule has 7 heteroatoms. The molecule has 1 aromatic carbocycles. The van der Waals surface area contributed by atoms with Gasteiger partial charge in [-0.1, -0.05) is 13.3 Å². The SMILES string of the molecule is CCCc1cc2c(s1)CNC1CCc3cc(OC(C)=O)c(OC(C)=O)cc3C21.[Cl-].[H+]. The highest BCUT2D eigenvalue weighted by Gasteiger charge is 2.37. The van der Waals surface area contributed by atoms with Gasteiger partial charge in [-0.3, -0.25) is 9.59 Å². The minimum absolute atomic E-state index is 0. The molecule has 2 aliphatic rings. The summed E-state index contributed by atoms with van der Waals surface area (Å²) in [5.41, 5.74) is 3.72. The number of halogens is 1. The first-order chi connectivity index (χ1) is 13.5. The zero-order chi connectivity index (χ0) is 19.8. The number of aryl methyl sites for hydroxylation is 2. The van der Waals surface area contributed by atoms with Crippen LogP contribution in [0.1, 0.15) is 67.4 Å². The van der Waals surface area contributed by atoms with E-state index in [4.69, 9.17) is 9.47 Å². The van der Waals surface area contributed by atoms with Crippen LogP contribution < -0.4 is 27.2 Å². The molecule has 1 aliphatic heterocycles. The van der Waals surface area contributed by atoms with Crippen molar-refractivity contribution in [3.63, 3.8) is 0 Å². The molecule has 0 saturated heterocycles. The zero-order valence-corrected chi connectivity index (χ0v) is 18.4. The van der Waals surface area contributed by atoms with Gasteiger partial charge in [0.15, 0.2) is 11.5 Å². The van der Waals surface area contributed by atoms with Crippen LogP contribution in [0.2, 0.25) is 0 Å². The number of hydrogen-bond acceptors (Lipinski definition) is 6. The lowest BCUT2D eigenvalue weighted by Crippen LogP contribution is -3.00. The van der Waals surface area contributed by atoms with E-state index in [-0.39, 0.29) is 19.8 Å². The summed E-state index contributed by atoms with van der Waals surface area (Å²) in [7, 11) is 0. The lowest BCUT2D eigenvalue weighted by atomic mass is 9.74. The van der Waals surface area contributed by atoms with Crippen molar-refractivity contribution in [1.82, 2.24) is 5.32 Å². The largest absolute Gasteiger partial charge is 1.00 e. The van der Waals surface area contributed by atoms with Crippen LogP contribution in [0.3, 0.4) is 0 Å². The van der Waals surface area contributed by atoms with Gasteiger partial charge in [0.25, 0.3) is 0 Å². The fourth-order valence-electron chi connectivity index (χ4n) is 4.39. The minimum Gasteiger partial charge on any atom is -1.00 e. The Morgan fingerprint density at radius 3 is 2.48 bits per heavy atom. The summed E-state index contributed by atoms with van der Waals surface area (Å²) >= 11 is 1.90. The Hall–Kier alpha value is -1.89. The highest BCUT2D eigenvalue weighted by Crippen LogP contribution is 2.46. The van der Waals surface area contributed by atoms with Crippen molar-refractivity contribution in [2.24, 2.45) is 0 Å². The summed E-state index contributed by atoms with van der Waals surface area (Å²) in [4.78, 5) is 25.9. The Labute approximate surface area is 182 Å². The number of thiophene rings is 1. The van der Waals surface area contributed by atoms with Crippen molar-refractivity contribution < 1.29 is 32.9 Å². The van der Waals surface area contributed by atoms with Crippen LogP contribution in [0.25, 0.3) is 0 Å². The predicted molar refractivity (Wildman–Crippen MR) is 109 cm³/mol. The summed E-state index contributed by atoms with van der Waals surface area (Å²) < 4.78 is 10.7. The molecular formula is C22H26ClNO4S. The Bertz CT molecular complexity index is 945. The van der Waals surface area contributed by atoms with Crippen LogP contribution in [-0.4, -0.2) is 18.0 Å². The molecule has 1 aliphatic carbocycles. The molecule has 2 heterocycles. The quantitative estimate of drug-likeness (QED) is 0.578. The van der Waals surface area contributed by atoms with Crippen LogP contribution in [0, 0.1) is 0 Å². The highest BCUT2D eigenvalue weighted by molar-refractivity contribution is 7.12. The smallest absolute Gasteiger partial charge is 1.00 e. The first kappa shape index (κ1) is 21.8. The Morgan fingerprint density at radius 2 is 1.83 bits per heavy atom. The van der Waals surface area contributed by atoms with Gasteiger partial charge in [0.2, 0.25) is 0 Å². The summed E-state index contributed by atoms with van der Waals surface area (Å²) in [5.74, 6) is 0.0174. The average Bonchev–Trinajstić information content (AvgIpc) is 3.04. The second kappa shape index (κ2) is 8.86. The van der Waals surface area contributed by atoms with Gasteiger partial charge < -0.3 is 27.2 Å². The molecule has 0 saturated carbocycles. The molecule has 2 atom stereocenters. The van der Waals surface area contributed by atoms with Crippen LogP contribution >= 0.6 is 11.3 Å². The molecule has 5 nitrogen and oxygen atoms in total. The first-order valence-corrected chi connectivity index (χ1v) is 10.7. The van der Waals surface area contributed by atoms with E-state index in [9.17, 15) is 9.59 Å². The Balaban J connectivity index is 0.00000160. The van der Waals surface area contributed by atoms with Crippen LogP contribution in [0.5, 0.6) is 11.5 Å². The lowest BCUT2D eigenvalue weighted by Gasteiger charge is -2.38. The van der Waals surface area contributed by atoms with Gasteiger partial charge in [0.1, 0.15) is 0 Å². The van der Waals surface area contributed by atoms with Crippen molar-refractivity contribution in [1.29, 1.82) is 0 Å². The van der Waals surface area contributed by atoms with Crippen molar-refractivity contribution in [2.75, 3.05) is 0 Å². The van der Waals surface area contributed by atoms with Gasteiger partial charge in [-0.15, -0.1) is 11.3 Å². The van der Waals surface area contributed by atoms with Crippen molar-refractivity contribution in [2.45, 2.75) is 65.0 Å². The van der Waals surface area contributed by atoms with E-state index < -0.39 is 11.9 Å². The minimum atomic E-state index is -0.427. The van der Waals surface area contributed by atoms with E-state index in [0.29, 0.717) is 17.5 Å². The molecular weight excluding hydrogens is 410 g/mol. The number of fused-ring (bicyclic) bond motifs is 5. The molecule has 2 unspecified atom stereocenters. The number of hydrogen-bond donors (Lipinski definition) is 1. The van der Waals surface area contributed by atoms with E-state index in [1.165, 1.54) is 29.2 Å². The maximum Gasteiger partial charge on any atom is 1.00 e. The molecule has 1 N–H and O–H groups in total. The average molecular weight is 436 g/mol. The summed E-state index contributed by atoms with van der Waals surface area (Å²) in [6, 6.07) is 6.51. The molecule has 2 aromatic rings. The van der Waals surface area contributed by atoms with Crippen molar-refractivity contribution >= 4 is 23.3 Å². The van der Waals surface area contributed by atoms with Crippen LogP contribution in [0.15, 0.2) is 18.2 Å². The number of nitrogens with one attached hydrogen (secondary N) is 1. The second-order valence-electron chi connectivity index (χ2n) is 7.53. The monoisotopic (exact) mass is 435 g/mol. The molecule has 0 spiro atoms. The molecule has 0 radical (unpaired) electrons. The molecule has 0 fully saturated rings. The standard InChI is InChI=1S/C22H25NO4S.ClH/c1-4-5-15-9-17-21(28-15)11-23-18-7-6-14-8-19(26-12(2)24)20(27-13(3)25)10-16(14)22(17)18;/h8-10,18,22-23H,4-7,11H2,1-3H3;1H. The van der Waals surface area contributed by atoms with E-state index in [1.54, 1.807) is 0 Å². The number of esters is 2. The van der Waals surface area contributed by atoms with Gasteiger partial charge >= 0.3 is 13.4 Å². The van der Waals surface area contributed by atoms with Crippen molar-refractivity contribution in [3.8, 4) is 11.5 Å². The third kappa shape index (κ3) is 4.34. The fraction of sp³-hybridized carbons (Fsp3) is 0.455. The second-order valence-corrected chi connectivity index (χ2v) is 8.75. The van der Waals surface area contributed by atoms with Gasteiger partial charge in [0.05, 0.1) is 0 Å². The van der Waals surface area contributed by atoms with Gasteiger partial charge in [-0.2, -0.15) is 0 Å². The molecule has 29 heavy (non-hydrogen) atoms. The van der Waals surface area contributed by atoms with E-state index >= 15 is 0 Å². The van der Waals surface area contributed by atoms with Gasteiger partial charge in [-0.05, 0) is 54.2 Å². The topological polar surface area (TPSA) is 64.6 Å². The third-order valence-electron chi connectivity index (χ3n) is 5.42. The third-order valence-corrected chi connectivity index (χ3v) is 6.63. The van der Waals surface area contributed by atoms with E-state index in [0.717, 1.165) is 43.4 Å². The maximum absolute atomic E-state index is 11.6. The fourth-order valence-corrected chi connectivity index (χ4v) is 5.65. The number of benzene rings is 1. The summed E-state index contributed by atoms with van der Waals surface area (Å²) in [6.07, 6.45) is 4.17. The number of ether oxygens (including phenoxy) is 2. The lowest BCUT2D eigenvalue weighted by molar-refractivity contribution is -0.134. The Morgan fingerprint density at radius 1 is 1.14 bits per heavy atom. The van der Waals surface area contributed by atoms with Gasteiger partial charge in [0, 0.05) is 42.1 Å². The first-order valence-electron chi connectivity index (χ1n) is 9.84. The molecule has 0 amide bonds.